The number of nitrogens with zero attached hydrogens (tertiary/aromatic N) is 1. The Hall–Kier alpha value is -2.40. The molecule has 114 valence electrons. The molecule has 0 fully saturated rings. The second kappa shape index (κ2) is 7.04. The van der Waals surface area contributed by atoms with Gasteiger partial charge in [0.2, 0.25) is 0 Å². The maximum atomic E-state index is 12.1. The number of ketones is 1. The first-order chi connectivity index (χ1) is 10.5. The standard InChI is InChI=1S/C16H15ClN2O3/c1-10(20)12-4-3-5-14(8-12)22-11(2)16(21)19-13-6-7-15(17)18-9-13/h3-9,11H,1-2H3,(H,19,21). The number of aromatic nitrogens is 1. The van der Waals surface area contributed by atoms with E-state index in [0.29, 0.717) is 22.2 Å². The van der Waals surface area contributed by atoms with E-state index in [2.05, 4.69) is 10.3 Å². The Labute approximate surface area is 133 Å². The monoisotopic (exact) mass is 318 g/mol. The van der Waals surface area contributed by atoms with Crippen LogP contribution in [0.1, 0.15) is 24.2 Å². The van der Waals surface area contributed by atoms with Crippen LogP contribution in [0.2, 0.25) is 5.15 Å². The molecule has 5 nitrogen and oxygen atoms in total. The molecule has 0 bridgehead atoms. The van der Waals surface area contributed by atoms with Gasteiger partial charge in [0.25, 0.3) is 5.91 Å². The number of hydrogen-bond donors (Lipinski definition) is 1. The molecule has 1 heterocycles. The smallest absolute Gasteiger partial charge is 0.265 e. The van der Waals surface area contributed by atoms with E-state index in [0.717, 1.165) is 0 Å². The van der Waals surface area contributed by atoms with Crippen LogP contribution >= 0.6 is 11.6 Å². The summed E-state index contributed by atoms with van der Waals surface area (Å²) in [5.41, 5.74) is 1.06. The van der Waals surface area contributed by atoms with Gasteiger partial charge in [-0.25, -0.2) is 4.98 Å². The van der Waals surface area contributed by atoms with Crippen LogP contribution in [-0.4, -0.2) is 22.8 Å². The predicted molar refractivity (Wildman–Crippen MR) is 84.4 cm³/mol. The number of rotatable bonds is 5. The third-order valence-corrected chi connectivity index (χ3v) is 3.14. The number of Topliss-reactive ketones (excluding diaryl/α,β-unsaturated/α-hetero) is 1. The molecule has 0 aliphatic heterocycles. The van der Waals surface area contributed by atoms with Crippen molar-refractivity contribution in [3.05, 3.63) is 53.3 Å². The van der Waals surface area contributed by atoms with Crippen LogP contribution in [0.4, 0.5) is 5.69 Å². The fourth-order valence-corrected chi connectivity index (χ4v) is 1.85. The maximum Gasteiger partial charge on any atom is 0.265 e. The molecule has 22 heavy (non-hydrogen) atoms. The summed E-state index contributed by atoms with van der Waals surface area (Å²) in [5, 5.41) is 3.02. The van der Waals surface area contributed by atoms with E-state index in [1.54, 1.807) is 43.3 Å². The van der Waals surface area contributed by atoms with Crippen LogP contribution in [0.3, 0.4) is 0 Å². The molecule has 6 heteroatoms. The Kier molecular flexibility index (Phi) is 5.12. The molecule has 1 unspecified atom stereocenters. The molecule has 0 aliphatic carbocycles. The van der Waals surface area contributed by atoms with Crippen molar-refractivity contribution in [1.29, 1.82) is 0 Å². The molecule has 1 aromatic carbocycles. The molecule has 2 rings (SSSR count). The highest BCUT2D eigenvalue weighted by atomic mass is 35.5. The Balaban J connectivity index is 2.00. The summed E-state index contributed by atoms with van der Waals surface area (Å²) >= 11 is 5.68. The first-order valence-electron chi connectivity index (χ1n) is 6.66. The first-order valence-corrected chi connectivity index (χ1v) is 7.03. The van der Waals surface area contributed by atoms with E-state index in [1.807, 2.05) is 0 Å². The highest BCUT2D eigenvalue weighted by Crippen LogP contribution is 2.16. The fraction of sp³-hybridized carbons (Fsp3) is 0.188. The van der Waals surface area contributed by atoms with Crippen LogP contribution in [-0.2, 0) is 4.79 Å². The molecule has 0 saturated heterocycles. The molecule has 0 aliphatic rings. The van der Waals surface area contributed by atoms with E-state index >= 15 is 0 Å². The highest BCUT2D eigenvalue weighted by molar-refractivity contribution is 6.29. The van der Waals surface area contributed by atoms with Crippen LogP contribution in [0.15, 0.2) is 42.6 Å². The normalized spacial score (nSPS) is 11.6. The van der Waals surface area contributed by atoms with Gasteiger partial charge in [-0.05, 0) is 38.1 Å². The van der Waals surface area contributed by atoms with Gasteiger partial charge in [-0.2, -0.15) is 0 Å². The second-order valence-electron chi connectivity index (χ2n) is 4.70. The van der Waals surface area contributed by atoms with Crippen molar-refractivity contribution in [3.8, 4) is 5.75 Å². The van der Waals surface area contributed by atoms with Crippen LogP contribution in [0, 0.1) is 0 Å². The predicted octanol–water partition coefficient (Wildman–Crippen LogP) is 3.34. The Morgan fingerprint density at radius 3 is 2.68 bits per heavy atom. The van der Waals surface area contributed by atoms with Crippen LogP contribution < -0.4 is 10.1 Å². The Morgan fingerprint density at radius 2 is 2.05 bits per heavy atom. The third kappa shape index (κ3) is 4.30. The van der Waals surface area contributed by atoms with Gasteiger partial charge in [-0.15, -0.1) is 0 Å². The molecule has 0 spiro atoms. The van der Waals surface area contributed by atoms with Gasteiger partial charge in [-0.3, -0.25) is 9.59 Å². The minimum Gasteiger partial charge on any atom is -0.481 e. The van der Waals surface area contributed by atoms with Crippen molar-refractivity contribution >= 4 is 29.0 Å². The third-order valence-electron chi connectivity index (χ3n) is 2.92. The van der Waals surface area contributed by atoms with E-state index in [-0.39, 0.29) is 11.7 Å². The number of benzene rings is 1. The lowest BCUT2D eigenvalue weighted by atomic mass is 10.1. The van der Waals surface area contributed by atoms with E-state index < -0.39 is 6.10 Å². The molecule has 1 N–H and O–H groups in total. The molecular formula is C16H15ClN2O3. The van der Waals surface area contributed by atoms with Gasteiger partial charge < -0.3 is 10.1 Å². The topological polar surface area (TPSA) is 68.3 Å². The summed E-state index contributed by atoms with van der Waals surface area (Å²) in [6.07, 6.45) is 0.737. The number of carbonyl (C=O) groups excluding carboxylic acids is 2. The quantitative estimate of drug-likeness (QED) is 0.678. The van der Waals surface area contributed by atoms with Crippen molar-refractivity contribution < 1.29 is 14.3 Å². The van der Waals surface area contributed by atoms with Gasteiger partial charge in [0.05, 0.1) is 11.9 Å². The van der Waals surface area contributed by atoms with Crippen molar-refractivity contribution in [2.24, 2.45) is 0 Å². The first kappa shape index (κ1) is 16.0. The van der Waals surface area contributed by atoms with Crippen LogP contribution in [0.25, 0.3) is 0 Å². The summed E-state index contributed by atoms with van der Waals surface area (Å²) in [5.74, 6) is 0.0803. The van der Waals surface area contributed by atoms with Crippen molar-refractivity contribution in [2.45, 2.75) is 20.0 Å². The van der Waals surface area contributed by atoms with E-state index in [9.17, 15) is 9.59 Å². The van der Waals surface area contributed by atoms with Gasteiger partial charge in [0.1, 0.15) is 10.9 Å². The number of hydrogen-bond acceptors (Lipinski definition) is 4. The lowest BCUT2D eigenvalue weighted by molar-refractivity contribution is -0.122. The summed E-state index contributed by atoms with van der Waals surface area (Å²) < 4.78 is 5.55. The fourth-order valence-electron chi connectivity index (χ4n) is 1.74. The van der Waals surface area contributed by atoms with E-state index in [4.69, 9.17) is 16.3 Å². The number of pyridine rings is 1. The van der Waals surface area contributed by atoms with Crippen LogP contribution in [0.5, 0.6) is 5.75 Å². The van der Waals surface area contributed by atoms with Crippen molar-refractivity contribution in [2.75, 3.05) is 5.32 Å². The summed E-state index contributed by atoms with van der Waals surface area (Å²) in [4.78, 5) is 27.3. The van der Waals surface area contributed by atoms with Crippen molar-refractivity contribution in [1.82, 2.24) is 4.98 Å². The van der Waals surface area contributed by atoms with Gasteiger partial charge in [0, 0.05) is 5.56 Å². The SMILES string of the molecule is CC(=O)c1cccc(OC(C)C(=O)Nc2ccc(Cl)nc2)c1. The highest BCUT2D eigenvalue weighted by Gasteiger charge is 2.15. The zero-order chi connectivity index (χ0) is 16.1. The lowest BCUT2D eigenvalue weighted by Crippen LogP contribution is -2.30. The molecular weight excluding hydrogens is 304 g/mol. The average molecular weight is 319 g/mol. The lowest BCUT2D eigenvalue weighted by Gasteiger charge is -2.15. The molecule has 1 atom stereocenters. The Morgan fingerprint density at radius 1 is 1.27 bits per heavy atom. The maximum absolute atomic E-state index is 12.1. The summed E-state index contributed by atoms with van der Waals surface area (Å²) in [7, 11) is 0. The number of anilines is 1. The number of carbonyl (C=O) groups is 2. The molecule has 1 aromatic heterocycles. The largest absolute Gasteiger partial charge is 0.481 e. The second-order valence-corrected chi connectivity index (χ2v) is 5.09. The minimum atomic E-state index is -0.724. The number of nitrogens with one attached hydrogen (secondary N) is 1. The molecule has 2 aromatic rings. The minimum absolute atomic E-state index is 0.0604. The average Bonchev–Trinajstić information content (AvgIpc) is 2.49. The molecule has 0 radical (unpaired) electrons. The number of ether oxygens (including phenoxy) is 1. The Bertz CT molecular complexity index is 686. The van der Waals surface area contributed by atoms with Crippen molar-refractivity contribution in [3.63, 3.8) is 0 Å². The number of amides is 1. The van der Waals surface area contributed by atoms with Gasteiger partial charge in [0.15, 0.2) is 11.9 Å². The molecule has 1 amide bonds. The van der Waals surface area contributed by atoms with E-state index in [1.165, 1.54) is 13.1 Å². The zero-order valence-corrected chi connectivity index (χ0v) is 12.9. The number of halogens is 1. The van der Waals surface area contributed by atoms with Gasteiger partial charge >= 0.3 is 0 Å². The molecule has 0 saturated carbocycles. The zero-order valence-electron chi connectivity index (χ0n) is 12.2. The summed E-state index contributed by atoms with van der Waals surface area (Å²) in [6.45, 7) is 3.10. The summed E-state index contributed by atoms with van der Waals surface area (Å²) in [6, 6.07) is 9.94. The van der Waals surface area contributed by atoms with Gasteiger partial charge in [-0.1, -0.05) is 23.7 Å².